The van der Waals surface area contributed by atoms with E-state index in [1.807, 2.05) is 24.3 Å². The first-order valence-electron chi connectivity index (χ1n) is 7.18. The van der Waals surface area contributed by atoms with Gasteiger partial charge in [0, 0.05) is 24.9 Å². The number of anilines is 1. The number of methoxy groups -OCH3 is 1. The van der Waals surface area contributed by atoms with E-state index in [0.717, 1.165) is 16.8 Å². The van der Waals surface area contributed by atoms with Crippen LogP contribution < -0.4 is 11.1 Å². The Labute approximate surface area is 166 Å². The molecule has 0 atom stereocenters. The molecule has 0 unspecified atom stereocenters. The van der Waals surface area contributed by atoms with E-state index in [9.17, 15) is 4.39 Å². The Morgan fingerprint density at radius 3 is 2.75 bits per heavy atom. The van der Waals surface area contributed by atoms with Gasteiger partial charge in [0.1, 0.15) is 5.82 Å². The highest BCUT2D eigenvalue weighted by Gasteiger charge is 2.03. The highest BCUT2D eigenvalue weighted by molar-refractivity contribution is 14.0. The number of hydrogen-bond donors (Lipinski definition) is 2. The monoisotopic (exact) mass is 507 g/mol. The van der Waals surface area contributed by atoms with E-state index < -0.39 is 0 Å². The van der Waals surface area contributed by atoms with Crippen molar-refractivity contribution >= 4 is 51.6 Å². The quantitative estimate of drug-likeness (QED) is 0.348. The number of aliphatic imine (C=N–C) groups is 1. The summed E-state index contributed by atoms with van der Waals surface area (Å²) >= 11 is 3.17. The lowest BCUT2D eigenvalue weighted by atomic mass is 10.1. The van der Waals surface area contributed by atoms with Crippen LogP contribution in [0.3, 0.4) is 0 Å². The Bertz CT molecular complexity index is 697. The predicted octanol–water partition coefficient (Wildman–Crippen LogP) is 4.32. The number of hydrogen-bond acceptors (Lipinski definition) is 2. The molecule has 0 aliphatic carbocycles. The van der Waals surface area contributed by atoms with Gasteiger partial charge < -0.3 is 15.8 Å². The molecule has 0 heterocycles. The van der Waals surface area contributed by atoms with Crippen LogP contribution in [-0.2, 0) is 17.8 Å². The molecule has 4 nitrogen and oxygen atoms in total. The third kappa shape index (κ3) is 6.37. The summed E-state index contributed by atoms with van der Waals surface area (Å²) in [5.41, 5.74) is 8.80. The molecule has 2 aromatic rings. The van der Waals surface area contributed by atoms with Crippen LogP contribution >= 0.6 is 39.9 Å². The maximum Gasteiger partial charge on any atom is 0.193 e. The van der Waals surface area contributed by atoms with Crippen LogP contribution in [0.25, 0.3) is 0 Å². The maximum absolute atomic E-state index is 13.2. The van der Waals surface area contributed by atoms with Crippen LogP contribution in [0.1, 0.15) is 11.1 Å². The Morgan fingerprint density at radius 2 is 2.04 bits per heavy atom. The van der Waals surface area contributed by atoms with Gasteiger partial charge in [-0.3, -0.25) is 4.99 Å². The molecule has 0 aliphatic heterocycles. The lowest BCUT2D eigenvalue weighted by molar-refractivity contribution is 0.185. The number of para-hydroxylation sites is 1. The van der Waals surface area contributed by atoms with Gasteiger partial charge in [0.05, 0.1) is 11.1 Å². The van der Waals surface area contributed by atoms with Gasteiger partial charge in [-0.25, -0.2) is 4.39 Å². The van der Waals surface area contributed by atoms with E-state index in [-0.39, 0.29) is 29.8 Å². The first kappa shape index (κ1) is 20.9. The molecule has 0 aliphatic rings. The molecule has 7 heteroatoms. The highest BCUT2D eigenvalue weighted by atomic mass is 127. The van der Waals surface area contributed by atoms with Crippen molar-refractivity contribution in [3.05, 3.63) is 63.9 Å². The topological polar surface area (TPSA) is 59.6 Å². The summed E-state index contributed by atoms with van der Waals surface area (Å²) in [6, 6.07) is 12.7. The average Bonchev–Trinajstić information content (AvgIpc) is 2.53. The van der Waals surface area contributed by atoms with E-state index in [0.29, 0.717) is 30.0 Å². The molecular weight excluding hydrogens is 488 g/mol. The second-order valence-electron chi connectivity index (χ2n) is 4.98. The molecule has 130 valence electrons. The molecule has 3 N–H and O–H groups in total. The highest BCUT2D eigenvalue weighted by Crippen LogP contribution is 2.17. The Morgan fingerprint density at radius 1 is 1.29 bits per heavy atom. The SMILES string of the molecule is COCc1ccccc1NC(N)=NCCc1ccc(F)c(Br)c1.I. The summed E-state index contributed by atoms with van der Waals surface area (Å²) in [5.74, 6) is 0.0721. The molecule has 0 radical (unpaired) electrons. The minimum atomic E-state index is -0.270. The fourth-order valence-electron chi connectivity index (χ4n) is 2.10. The number of benzene rings is 2. The molecule has 0 saturated carbocycles. The number of nitrogens with zero attached hydrogens (tertiary/aromatic N) is 1. The van der Waals surface area contributed by atoms with Crippen LogP contribution in [-0.4, -0.2) is 19.6 Å². The second kappa shape index (κ2) is 10.6. The Balaban J connectivity index is 0.00000288. The van der Waals surface area contributed by atoms with Crippen LogP contribution in [0, 0.1) is 5.82 Å². The molecular formula is C17H20BrFIN3O. The van der Waals surface area contributed by atoms with E-state index in [1.165, 1.54) is 6.07 Å². The number of nitrogens with one attached hydrogen (secondary N) is 1. The minimum absolute atomic E-state index is 0. The van der Waals surface area contributed by atoms with E-state index >= 15 is 0 Å². The molecule has 0 saturated heterocycles. The minimum Gasteiger partial charge on any atom is -0.380 e. The number of halogens is 3. The largest absolute Gasteiger partial charge is 0.380 e. The summed E-state index contributed by atoms with van der Waals surface area (Å²) in [6.45, 7) is 1.02. The van der Waals surface area contributed by atoms with Gasteiger partial charge in [0.25, 0.3) is 0 Å². The van der Waals surface area contributed by atoms with Crippen molar-refractivity contribution in [2.75, 3.05) is 19.0 Å². The van der Waals surface area contributed by atoms with Crippen LogP contribution in [0.4, 0.5) is 10.1 Å². The number of guanidine groups is 1. The normalized spacial score (nSPS) is 11.0. The molecule has 0 bridgehead atoms. The fraction of sp³-hybridized carbons (Fsp3) is 0.235. The van der Waals surface area contributed by atoms with Crippen molar-refractivity contribution in [2.45, 2.75) is 13.0 Å². The third-order valence-corrected chi connectivity index (χ3v) is 3.85. The first-order valence-corrected chi connectivity index (χ1v) is 7.97. The maximum atomic E-state index is 13.2. The van der Waals surface area contributed by atoms with Gasteiger partial charge in [-0.05, 0) is 46.1 Å². The number of ether oxygens (including phenoxy) is 1. The van der Waals surface area contributed by atoms with Gasteiger partial charge in [-0.15, -0.1) is 24.0 Å². The summed E-state index contributed by atoms with van der Waals surface area (Å²) in [5, 5.41) is 3.08. The fourth-order valence-corrected chi connectivity index (χ4v) is 2.53. The predicted molar refractivity (Wildman–Crippen MR) is 110 cm³/mol. The van der Waals surface area contributed by atoms with E-state index in [2.05, 4.69) is 26.2 Å². The lowest BCUT2D eigenvalue weighted by Gasteiger charge is -2.10. The molecule has 0 fully saturated rings. The smallest absolute Gasteiger partial charge is 0.193 e. The van der Waals surface area contributed by atoms with Crippen LogP contribution in [0.15, 0.2) is 51.9 Å². The Kier molecular flexibility index (Phi) is 9.24. The summed E-state index contributed by atoms with van der Waals surface area (Å²) in [4.78, 5) is 4.30. The van der Waals surface area contributed by atoms with Gasteiger partial charge in [0.15, 0.2) is 5.96 Å². The zero-order valence-corrected chi connectivity index (χ0v) is 17.2. The molecule has 2 aromatic carbocycles. The van der Waals surface area contributed by atoms with E-state index in [4.69, 9.17) is 10.5 Å². The molecule has 0 aromatic heterocycles. The van der Waals surface area contributed by atoms with Crippen molar-refractivity contribution in [2.24, 2.45) is 10.7 Å². The van der Waals surface area contributed by atoms with E-state index in [1.54, 1.807) is 19.2 Å². The van der Waals surface area contributed by atoms with Crippen molar-refractivity contribution < 1.29 is 9.13 Å². The van der Waals surface area contributed by atoms with Gasteiger partial charge in [-0.2, -0.15) is 0 Å². The third-order valence-electron chi connectivity index (χ3n) is 3.25. The van der Waals surface area contributed by atoms with Gasteiger partial charge in [0.2, 0.25) is 0 Å². The van der Waals surface area contributed by atoms with Crippen molar-refractivity contribution in [3.63, 3.8) is 0 Å². The van der Waals surface area contributed by atoms with Crippen LogP contribution in [0.2, 0.25) is 0 Å². The molecule has 0 spiro atoms. The van der Waals surface area contributed by atoms with Crippen molar-refractivity contribution in [1.82, 2.24) is 0 Å². The first-order chi connectivity index (χ1) is 11.1. The van der Waals surface area contributed by atoms with Gasteiger partial charge >= 0.3 is 0 Å². The second-order valence-corrected chi connectivity index (χ2v) is 5.83. The van der Waals surface area contributed by atoms with Crippen LogP contribution in [0.5, 0.6) is 0 Å². The molecule has 24 heavy (non-hydrogen) atoms. The zero-order valence-electron chi connectivity index (χ0n) is 13.3. The number of nitrogens with two attached hydrogens (primary N) is 1. The standard InChI is InChI=1S/C17H19BrFN3O.HI/c1-23-11-13-4-2-3-5-16(13)22-17(20)21-9-8-12-6-7-15(19)14(18)10-12;/h2-7,10H,8-9,11H2,1H3,(H3,20,21,22);1H. The summed E-state index contributed by atoms with van der Waals surface area (Å²) in [7, 11) is 1.65. The number of rotatable bonds is 6. The molecule has 2 rings (SSSR count). The summed E-state index contributed by atoms with van der Waals surface area (Å²) < 4.78 is 18.8. The van der Waals surface area contributed by atoms with Crippen molar-refractivity contribution in [1.29, 1.82) is 0 Å². The average molecular weight is 508 g/mol. The molecule has 0 amide bonds. The Hall–Kier alpha value is -1.19. The van der Waals surface area contributed by atoms with Crippen molar-refractivity contribution in [3.8, 4) is 0 Å². The summed E-state index contributed by atoms with van der Waals surface area (Å²) in [6.07, 6.45) is 0.682. The van der Waals surface area contributed by atoms with Gasteiger partial charge in [-0.1, -0.05) is 24.3 Å². The zero-order chi connectivity index (χ0) is 16.7. The lowest BCUT2D eigenvalue weighted by Crippen LogP contribution is -2.23.